The van der Waals surface area contributed by atoms with Gasteiger partial charge < -0.3 is 9.88 Å². The van der Waals surface area contributed by atoms with Gasteiger partial charge in [-0.3, -0.25) is 0 Å². The van der Waals surface area contributed by atoms with Crippen molar-refractivity contribution < 1.29 is 0 Å². The molecule has 1 N–H and O–H groups in total. The van der Waals surface area contributed by atoms with Gasteiger partial charge in [0, 0.05) is 42.1 Å². The van der Waals surface area contributed by atoms with Crippen LogP contribution in [0, 0.1) is 5.92 Å². The SMILES string of the molecule is CN1C[C@H](Cn2cnnn2)CC2c3cccc4[nH]cc(c34)C[C@H]21. The molecule has 1 unspecified atom stereocenters. The topological polar surface area (TPSA) is 62.6 Å². The maximum atomic E-state index is 4.04. The first-order valence-electron chi connectivity index (χ1n) is 8.29. The number of nitrogens with zero attached hydrogens (tertiary/aromatic N) is 5. The van der Waals surface area contributed by atoms with E-state index in [9.17, 15) is 0 Å². The van der Waals surface area contributed by atoms with Crippen molar-refractivity contribution in [2.75, 3.05) is 13.6 Å². The molecule has 0 saturated carbocycles. The Bertz CT molecular complexity index is 836. The molecule has 5 rings (SSSR count). The summed E-state index contributed by atoms with van der Waals surface area (Å²) >= 11 is 0. The number of aromatic amines is 1. The third kappa shape index (κ3) is 2.01. The van der Waals surface area contributed by atoms with Gasteiger partial charge in [0.2, 0.25) is 0 Å². The van der Waals surface area contributed by atoms with Crippen LogP contribution in [0.3, 0.4) is 0 Å². The van der Waals surface area contributed by atoms with E-state index < -0.39 is 0 Å². The summed E-state index contributed by atoms with van der Waals surface area (Å²) in [5.74, 6) is 1.18. The van der Waals surface area contributed by atoms with E-state index >= 15 is 0 Å². The number of H-pyrrole nitrogens is 1. The molecule has 1 aliphatic heterocycles. The number of hydrogen-bond donors (Lipinski definition) is 1. The molecule has 6 heteroatoms. The predicted molar refractivity (Wildman–Crippen MR) is 87.1 cm³/mol. The zero-order valence-corrected chi connectivity index (χ0v) is 13.2. The molecule has 2 aromatic heterocycles. The molecule has 0 spiro atoms. The Balaban J connectivity index is 1.52. The molecule has 2 aliphatic rings. The number of fused-ring (bicyclic) bond motifs is 2. The van der Waals surface area contributed by atoms with Crippen LogP contribution in [0.1, 0.15) is 23.5 Å². The van der Waals surface area contributed by atoms with Gasteiger partial charge in [-0.25, -0.2) is 4.68 Å². The smallest absolute Gasteiger partial charge is 0.138 e. The summed E-state index contributed by atoms with van der Waals surface area (Å²) in [5, 5.41) is 13.0. The molecule has 0 bridgehead atoms. The molecule has 0 amide bonds. The summed E-state index contributed by atoms with van der Waals surface area (Å²) in [4.78, 5) is 5.98. The van der Waals surface area contributed by atoms with Crippen molar-refractivity contribution in [3.05, 3.63) is 41.9 Å². The summed E-state index contributed by atoms with van der Waals surface area (Å²) in [7, 11) is 2.27. The van der Waals surface area contributed by atoms with Gasteiger partial charge in [0.05, 0.1) is 0 Å². The van der Waals surface area contributed by atoms with E-state index in [1.54, 1.807) is 6.33 Å². The number of rotatable bonds is 2. The van der Waals surface area contributed by atoms with Crippen LogP contribution in [0.25, 0.3) is 10.9 Å². The Morgan fingerprint density at radius 3 is 3.17 bits per heavy atom. The van der Waals surface area contributed by atoms with Crippen LogP contribution in [-0.4, -0.2) is 49.7 Å². The zero-order chi connectivity index (χ0) is 15.4. The van der Waals surface area contributed by atoms with E-state index in [1.165, 1.54) is 28.5 Å². The lowest BCUT2D eigenvalue weighted by Gasteiger charge is -2.45. The Hall–Kier alpha value is -2.21. The predicted octanol–water partition coefficient (Wildman–Crippen LogP) is 1.81. The second-order valence-corrected chi connectivity index (χ2v) is 7.03. The summed E-state index contributed by atoms with van der Waals surface area (Å²) < 4.78 is 1.87. The number of nitrogens with one attached hydrogen (secondary N) is 1. The third-order valence-corrected chi connectivity index (χ3v) is 5.65. The number of likely N-dealkylation sites (tertiary alicyclic amines) is 1. The van der Waals surface area contributed by atoms with Gasteiger partial charge in [-0.15, -0.1) is 5.10 Å². The van der Waals surface area contributed by atoms with E-state index in [0.717, 1.165) is 19.5 Å². The molecule has 3 heterocycles. The molecule has 23 heavy (non-hydrogen) atoms. The quantitative estimate of drug-likeness (QED) is 0.784. The number of likely N-dealkylation sites (N-methyl/N-ethyl adjacent to an activating group) is 1. The van der Waals surface area contributed by atoms with E-state index in [2.05, 4.69) is 56.9 Å². The first kappa shape index (κ1) is 13.2. The highest BCUT2D eigenvalue weighted by atomic mass is 15.5. The van der Waals surface area contributed by atoms with Gasteiger partial charge in [-0.1, -0.05) is 12.1 Å². The Labute approximate surface area is 134 Å². The van der Waals surface area contributed by atoms with E-state index in [1.807, 2.05) is 4.68 Å². The molecular weight excluding hydrogens is 288 g/mol. The second kappa shape index (κ2) is 4.89. The molecular formula is C17H20N6. The monoisotopic (exact) mass is 308 g/mol. The molecule has 1 saturated heterocycles. The molecule has 6 nitrogen and oxygen atoms in total. The standard InChI is InChI=1S/C17H20N6/c1-22-8-11(9-23-10-19-20-21-23)5-14-13-3-2-4-15-17(13)12(7-18-15)6-16(14)22/h2-4,7,10-11,14,16,18H,5-6,8-9H2,1H3/t11-,14?,16-/m1/s1. The van der Waals surface area contributed by atoms with Crippen LogP contribution in [0.15, 0.2) is 30.7 Å². The minimum Gasteiger partial charge on any atom is -0.361 e. The fourth-order valence-electron chi connectivity index (χ4n) is 4.71. The maximum Gasteiger partial charge on any atom is 0.138 e. The highest BCUT2D eigenvalue weighted by Gasteiger charge is 2.39. The van der Waals surface area contributed by atoms with Crippen molar-refractivity contribution in [1.29, 1.82) is 0 Å². The summed E-state index contributed by atoms with van der Waals surface area (Å²) in [5.41, 5.74) is 4.27. The van der Waals surface area contributed by atoms with E-state index in [-0.39, 0.29) is 0 Å². The lowest BCUT2D eigenvalue weighted by Crippen LogP contribution is -2.48. The largest absolute Gasteiger partial charge is 0.361 e. The van der Waals surface area contributed by atoms with E-state index in [0.29, 0.717) is 17.9 Å². The van der Waals surface area contributed by atoms with Crippen molar-refractivity contribution in [1.82, 2.24) is 30.1 Å². The van der Waals surface area contributed by atoms with Crippen LogP contribution in [0.4, 0.5) is 0 Å². The fourth-order valence-corrected chi connectivity index (χ4v) is 4.71. The minimum absolute atomic E-state index is 0.584. The lowest BCUT2D eigenvalue weighted by atomic mass is 9.72. The highest BCUT2D eigenvalue weighted by molar-refractivity contribution is 5.88. The van der Waals surface area contributed by atoms with Gasteiger partial charge in [0.25, 0.3) is 0 Å². The molecule has 1 aromatic carbocycles. The molecule has 3 aromatic rings. The van der Waals surface area contributed by atoms with Crippen LogP contribution >= 0.6 is 0 Å². The fraction of sp³-hybridized carbons (Fsp3) is 0.471. The summed E-state index contributed by atoms with van der Waals surface area (Å²) in [6, 6.07) is 7.30. The van der Waals surface area contributed by atoms with Crippen LogP contribution in [0.2, 0.25) is 0 Å². The van der Waals surface area contributed by atoms with Crippen LogP contribution in [0.5, 0.6) is 0 Å². The Morgan fingerprint density at radius 2 is 2.30 bits per heavy atom. The van der Waals surface area contributed by atoms with Gasteiger partial charge in [0.15, 0.2) is 0 Å². The average molecular weight is 308 g/mol. The average Bonchev–Trinajstić information content (AvgIpc) is 3.20. The first-order chi connectivity index (χ1) is 11.3. The Kier molecular flexibility index (Phi) is 2.82. The first-order valence-corrected chi connectivity index (χ1v) is 8.29. The molecule has 1 fully saturated rings. The van der Waals surface area contributed by atoms with Crippen molar-refractivity contribution in [2.24, 2.45) is 5.92 Å². The Morgan fingerprint density at radius 1 is 1.35 bits per heavy atom. The highest BCUT2D eigenvalue weighted by Crippen LogP contribution is 2.44. The number of tetrazole rings is 1. The van der Waals surface area contributed by atoms with Crippen LogP contribution in [-0.2, 0) is 13.0 Å². The maximum absolute atomic E-state index is 4.04. The normalized spacial score (nSPS) is 27.3. The van der Waals surface area contributed by atoms with Gasteiger partial charge in [-0.2, -0.15) is 0 Å². The molecule has 3 atom stereocenters. The number of benzene rings is 1. The van der Waals surface area contributed by atoms with Crippen molar-refractivity contribution in [3.63, 3.8) is 0 Å². The van der Waals surface area contributed by atoms with Crippen LogP contribution < -0.4 is 0 Å². The van der Waals surface area contributed by atoms with Crippen molar-refractivity contribution in [2.45, 2.75) is 31.3 Å². The second-order valence-electron chi connectivity index (χ2n) is 7.03. The van der Waals surface area contributed by atoms with Gasteiger partial charge in [0.1, 0.15) is 6.33 Å². The number of aromatic nitrogens is 5. The molecule has 118 valence electrons. The van der Waals surface area contributed by atoms with E-state index in [4.69, 9.17) is 0 Å². The van der Waals surface area contributed by atoms with Gasteiger partial charge >= 0.3 is 0 Å². The summed E-state index contributed by atoms with van der Waals surface area (Å²) in [6.07, 6.45) is 6.28. The lowest BCUT2D eigenvalue weighted by molar-refractivity contribution is 0.101. The van der Waals surface area contributed by atoms with Crippen molar-refractivity contribution >= 4 is 10.9 Å². The number of hydrogen-bond acceptors (Lipinski definition) is 4. The molecule has 1 aliphatic carbocycles. The minimum atomic E-state index is 0.584. The molecule has 0 radical (unpaired) electrons. The summed E-state index contributed by atoms with van der Waals surface area (Å²) in [6.45, 7) is 2.01. The van der Waals surface area contributed by atoms with Gasteiger partial charge in [-0.05, 0) is 53.4 Å². The zero-order valence-electron chi connectivity index (χ0n) is 13.2. The number of piperidine rings is 1. The third-order valence-electron chi connectivity index (χ3n) is 5.65. The van der Waals surface area contributed by atoms with Crippen molar-refractivity contribution in [3.8, 4) is 0 Å².